The SMILES string of the molecule is CS(=O)CCCNCc1cc(Br)ccc1[N+](=O)[O-]. The summed E-state index contributed by atoms with van der Waals surface area (Å²) in [4.78, 5) is 10.4. The van der Waals surface area contributed by atoms with Crippen LogP contribution >= 0.6 is 15.9 Å². The molecular weight excluding hydrogens is 320 g/mol. The van der Waals surface area contributed by atoms with Crippen molar-refractivity contribution in [2.75, 3.05) is 18.6 Å². The van der Waals surface area contributed by atoms with Crippen molar-refractivity contribution in [2.45, 2.75) is 13.0 Å². The third kappa shape index (κ3) is 5.24. The highest BCUT2D eigenvalue weighted by Crippen LogP contribution is 2.22. The van der Waals surface area contributed by atoms with Crippen LogP contribution < -0.4 is 5.32 Å². The van der Waals surface area contributed by atoms with Gasteiger partial charge in [-0.2, -0.15) is 0 Å². The molecule has 1 aromatic rings. The van der Waals surface area contributed by atoms with Crippen LogP contribution in [-0.2, 0) is 17.3 Å². The van der Waals surface area contributed by atoms with Gasteiger partial charge in [0, 0.05) is 45.5 Å². The quantitative estimate of drug-likeness (QED) is 0.471. The van der Waals surface area contributed by atoms with Gasteiger partial charge in [0.15, 0.2) is 0 Å². The van der Waals surface area contributed by atoms with Crippen LogP contribution in [0.15, 0.2) is 22.7 Å². The van der Waals surface area contributed by atoms with Gasteiger partial charge in [0.1, 0.15) is 0 Å². The fourth-order valence-electron chi connectivity index (χ4n) is 1.50. The van der Waals surface area contributed by atoms with Crippen LogP contribution in [0.2, 0.25) is 0 Å². The fourth-order valence-corrected chi connectivity index (χ4v) is 2.46. The second-order valence-electron chi connectivity index (χ2n) is 3.84. The molecule has 1 rings (SSSR count). The Hall–Kier alpha value is -0.790. The lowest BCUT2D eigenvalue weighted by atomic mass is 10.2. The van der Waals surface area contributed by atoms with Crippen molar-refractivity contribution in [2.24, 2.45) is 0 Å². The Labute approximate surface area is 117 Å². The van der Waals surface area contributed by atoms with Gasteiger partial charge in [0.2, 0.25) is 0 Å². The predicted octanol–water partition coefficient (Wildman–Crippen LogP) is 2.22. The van der Waals surface area contributed by atoms with Crippen molar-refractivity contribution in [1.82, 2.24) is 5.32 Å². The molecule has 0 amide bonds. The second-order valence-corrected chi connectivity index (χ2v) is 6.31. The Morgan fingerprint density at radius 2 is 2.22 bits per heavy atom. The maximum atomic E-state index is 10.9. The number of rotatable bonds is 7. The molecule has 1 atom stereocenters. The van der Waals surface area contributed by atoms with Crippen molar-refractivity contribution in [3.8, 4) is 0 Å². The lowest BCUT2D eigenvalue weighted by Gasteiger charge is -2.05. The van der Waals surface area contributed by atoms with Crippen molar-refractivity contribution in [3.63, 3.8) is 0 Å². The van der Waals surface area contributed by atoms with E-state index in [1.54, 1.807) is 18.4 Å². The fraction of sp³-hybridized carbons (Fsp3) is 0.455. The minimum atomic E-state index is -0.785. The summed E-state index contributed by atoms with van der Waals surface area (Å²) < 4.78 is 11.7. The largest absolute Gasteiger partial charge is 0.312 e. The molecule has 1 N–H and O–H groups in total. The van der Waals surface area contributed by atoms with Crippen molar-refractivity contribution >= 4 is 32.4 Å². The average Bonchev–Trinajstić information content (AvgIpc) is 2.27. The van der Waals surface area contributed by atoms with Crippen LogP contribution in [0.5, 0.6) is 0 Å². The third-order valence-electron chi connectivity index (χ3n) is 2.34. The molecule has 0 fully saturated rings. The van der Waals surface area contributed by atoms with Gasteiger partial charge in [-0.05, 0) is 25.1 Å². The van der Waals surface area contributed by atoms with Gasteiger partial charge in [-0.1, -0.05) is 15.9 Å². The van der Waals surface area contributed by atoms with E-state index in [9.17, 15) is 14.3 Å². The lowest BCUT2D eigenvalue weighted by molar-refractivity contribution is -0.385. The molecule has 1 unspecified atom stereocenters. The van der Waals surface area contributed by atoms with E-state index >= 15 is 0 Å². The van der Waals surface area contributed by atoms with E-state index in [2.05, 4.69) is 21.2 Å². The van der Waals surface area contributed by atoms with E-state index in [-0.39, 0.29) is 10.6 Å². The molecule has 0 heterocycles. The number of nitrogens with zero attached hydrogens (tertiary/aromatic N) is 1. The van der Waals surface area contributed by atoms with Crippen molar-refractivity contribution < 1.29 is 9.13 Å². The molecule has 7 heteroatoms. The maximum Gasteiger partial charge on any atom is 0.273 e. The van der Waals surface area contributed by atoms with Gasteiger partial charge >= 0.3 is 0 Å². The zero-order valence-corrected chi connectivity index (χ0v) is 12.4. The molecule has 18 heavy (non-hydrogen) atoms. The summed E-state index contributed by atoms with van der Waals surface area (Å²) in [7, 11) is -0.785. The first-order valence-electron chi connectivity index (χ1n) is 5.44. The Kier molecular flexibility index (Phi) is 6.45. The molecule has 0 aliphatic carbocycles. The minimum absolute atomic E-state index is 0.116. The van der Waals surface area contributed by atoms with E-state index < -0.39 is 10.8 Å². The second kappa shape index (κ2) is 7.60. The minimum Gasteiger partial charge on any atom is -0.312 e. The first-order chi connectivity index (χ1) is 8.50. The molecule has 0 bridgehead atoms. The van der Waals surface area contributed by atoms with Crippen molar-refractivity contribution in [3.05, 3.63) is 38.3 Å². The Bertz CT molecular complexity index is 454. The van der Waals surface area contributed by atoms with Gasteiger partial charge in [-0.3, -0.25) is 14.3 Å². The topological polar surface area (TPSA) is 72.2 Å². The maximum absolute atomic E-state index is 10.9. The van der Waals surface area contributed by atoms with Crippen LogP contribution in [0.4, 0.5) is 5.69 Å². The van der Waals surface area contributed by atoms with Crippen LogP contribution in [0, 0.1) is 10.1 Å². The van der Waals surface area contributed by atoms with Gasteiger partial charge in [-0.25, -0.2) is 0 Å². The average molecular weight is 335 g/mol. The molecule has 1 aromatic carbocycles. The zero-order chi connectivity index (χ0) is 13.5. The Morgan fingerprint density at radius 1 is 1.50 bits per heavy atom. The van der Waals surface area contributed by atoms with Gasteiger partial charge in [-0.15, -0.1) is 0 Å². The van der Waals surface area contributed by atoms with Crippen LogP contribution in [0.25, 0.3) is 0 Å². The Morgan fingerprint density at radius 3 is 2.83 bits per heavy atom. The van der Waals surface area contributed by atoms with Crippen LogP contribution in [-0.4, -0.2) is 27.7 Å². The number of nitrogens with one attached hydrogen (secondary N) is 1. The van der Waals surface area contributed by atoms with Gasteiger partial charge < -0.3 is 5.32 Å². The molecule has 0 saturated heterocycles. The number of nitro benzene ring substituents is 1. The highest BCUT2D eigenvalue weighted by atomic mass is 79.9. The number of nitro groups is 1. The monoisotopic (exact) mass is 334 g/mol. The van der Waals surface area contributed by atoms with E-state index in [1.165, 1.54) is 6.07 Å². The molecular formula is C11H15BrN2O3S. The first-order valence-corrected chi connectivity index (χ1v) is 7.96. The van der Waals surface area contributed by atoms with Gasteiger partial charge in [0.05, 0.1) is 4.92 Å². The highest BCUT2D eigenvalue weighted by Gasteiger charge is 2.12. The van der Waals surface area contributed by atoms with E-state index in [1.807, 2.05) is 0 Å². The molecule has 0 aromatic heterocycles. The summed E-state index contributed by atoms with van der Waals surface area (Å²) in [5.74, 6) is 0.646. The number of benzene rings is 1. The first kappa shape index (κ1) is 15.3. The normalized spacial score (nSPS) is 12.3. The summed E-state index contributed by atoms with van der Waals surface area (Å²) in [6.45, 7) is 1.13. The molecule has 0 radical (unpaired) electrons. The standard InChI is InChI=1S/C11H15BrN2O3S/c1-18(17)6-2-5-13-8-9-7-10(12)3-4-11(9)14(15)16/h3-4,7,13H,2,5-6,8H2,1H3. The molecule has 0 aliphatic heterocycles. The summed E-state index contributed by atoms with van der Waals surface area (Å²) in [6.07, 6.45) is 2.46. The number of hydrogen-bond donors (Lipinski definition) is 1. The van der Waals surface area contributed by atoms with E-state index in [0.717, 1.165) is 10.9 Å². The lowest BCUT2D eigenvalue weighted by Crippen LogP contribution is -2.17. The van der Waals surface area contributed by atoms with Crippen molar-refractivity contribution in [1.29, 1.82) is 0 Å². The van der Waals surface area contributed by atoms with E-state index in [4.69, 9.17) is 0 Å². The highest BCUT2D eigenvalue weighted by molar-refractivity contribution is 9.10. The molecule has 0 spiro atoms. The van der Waals surface area contributed by atoms with Crippen LogP contribution in [0.1, 0.15) is 12.0 Å². The summed E-state index contributed by atoms with van der Waals surface area (Å²) in [5, 5.41) is 14.0. The van der Waals surface area contributed by atoms with E-state index in [0.29, 0.717) is 24.4 Å². The summed E-state index contributed by atoms with van der Waals surface area (Å²) in [6, 6.07) is 4.88. The van der Waals surface area contributed by atoms with Crippen LogP contribution in [0.3, 0.4) is 0 Å². The summed E-state index contributed by atoms with van der Waals surface area (Å²) in [5.41, 5.74) is 0.761. The third-order valence-corrected chi connectivity index (χ3v) is 3.70. The molecule has 100 valence electrons. The molecule has 0 saturated carbocycles. The molecule has 5 nitrogen and oxygen atoms in total. The Balaban J connectivity index is 2.53. The number of halogens is 1. The van der Waals surface area contributed by atoms with Gasteiger partial charge in [0.25, 0.3) is 5.69 Å². The molecule has 0 aliphatic rings. The summed E-state index contributed by atoms with van der Waals surface area (Å²) >= 11 is 3.30. The predicted molar refractivity (Wildman–Crippen MR) is 76.1 cm³/mol. The zero-order valence-electron chi connectivity index (χ0n) is 10.0. The smallest absolute Gasteiger partial charge is 0.273 e. The number of hydrogen-bond acceptors (Lipinski definition) is 4.